The summed E-state index contributed by atoms with van der Waals surface area (Å²) in [4.78, 5) is 18.2. The first-order valence-corrected chi connectivity index (χ1v) is 13.4. The quantitative estimate of drug-likeness (QED) is 0.168. The molecule has 0 spiro atoms. The Kier molecular flexibility index (Phi) is 7.38. The molecular formula is C31H29N5O5. The van der Waals surface area contributed by atoms with Crippen molar-refractivity contribution >= 4 is 23.0 Å². The van der Waals surface area contributed by atoms with E-state index in [1.165, 1.54) is 5.56 Å². The van der Waals surface area contributed by atoms with Crippen molar-refractivity contribution in [1.29, 1.82) is 0 Å². The van der Waals surface area contributed by atoms with Crippen LogP contribution in [0.15, 0.2) is 91.1 Å². The molecule has 0 fully saturated rings. The number of carboxylic acid groups (broad SMARTS) is 1. The molecule has 1 atom stereocenters. The van der Waals surface area contributed by atoms with Gasteiger partial charge in [-0.05, 0) is 60.9 Å². The van der Waals surface area contributed by atoms with Crippen LogP contribution in [0, 0.1) is 0 Å². The highest BCUT2D eigenvalue weighted by Gasteiger charge is 2.25. The van der Waals surface area contributed by atoms with Crippen molar-refractivity contribution in [2.75, 3.05) is 30.0 Å². The Morgan fingerprint density at radius 1 is 1.05 bits per heavy atom. The topological polar surface area (TPSA) is 121 Å². The number of nitrogens with one attached hydrogen (secondary N) is 1. The van der Waals surface area contributed by atoms with Gasteiger partial charge in [0.2, 0.25) is 6.35 Å². The molecule has 0 saturated heterocycles. The summed E-state index contributed by atoms with van der Waals surface area (Å²) in [6, 6.07) is 26.5. The number of ether oxygens (including phenoxy) is 2. The third-order valence-corrected chi connectivity index (χ3v) is 6.87. The summed E-state index contributed by atoms with van der Waals surface area (Å²) in [5.74, 6) is 0.192. The standard InChI is InChI=1S/C31H29N5O5/c37-30(38)29-27(40-17-6-9-21-7-2-1-3-8-21)14-12-24(32-29)22-11-13-26-25(19-22)35(16-18-41-26)31(39)33-28-20-23-10-4-5-15-36(23)34-28/h1-5,7-8,10-15,19-20,31,39H,6,9,16-18H2,(H,33,34)(H,37,38). The van der Waals surface area contributed by atoms with Gasteiger partial charge < -0.3 is 29.9 Å². The summed E-state index contributed by atoms with van der Waals surface area (Å²) in [5, 5.41) is 28.4. The minimum Gasteiger partial charge on any atom is -0.491 e. The van der Waals surface area contributed by atoms with Crippen LogP contribution >= 0.6 is 0 Å². The molecule has 0 aliphatic carbocycles. The predicted octanol–water partition coefficient (Wildman–Crippen LogP) is 4.69. The van der Waals surface area contributed by atoms with E-state index in [0.717, 1.165) is 18.4 Å². The molecule has 0 radical (unpaired) electrons. The van der Waals surface area contributed by atoms with E-state index in [9.17, 15) is 15.0 Å². The largest absolute Gasteiger partial charge is 0.491 e. The van der Waals surface area contributed by atoms with Gasteiger partial charge in [-0.1, -0.05) is 36.4 Å². The van der Waals surface area contributed by atoms with Crippen molar-refractivity contribution in [3.63, 3.8) is 0 Å². The van der Waals surface area contributed by atoms with Crippen molar-refractivity contribution in [3.8, 4) is 22.8 Å². The van der Waals surface area contributed by atoms with E-state index in [4.69, 9.17) is 9.47 Å². The maximum atomic E-state index is 12.1. The second-order valence-electron chi connectivity index (χ2n) is 9.63. The number of carboxylic acids is 1. The SMILES string of the molecule is O=C(O)c1nc(-c2ccc3c(c2)N(C(O)Nc2cc4ccccn4n2)CCO3)ccc1OCCCc1ccccc1. The van der Waals surface area contributed by atoms with E-state index in [2.05, 4.69) is 27.5 Å². The Balaban J connectivity index is 1.19. The van der Waals surface area contributed by atoms with Gasteiger partial charge >= 0.3 is 5.97 Å². The number of aliphatic hydroxyl groups excluding tert-OH is 1. The number of rotatable bonds is 10. The van der Waals surface area contributed by atoms with Gasteiger partial charge in [0.25, 0.3) is 0 Å². The zero-order valence-electron chi connectivity index (χ0n) is 22.2. The van der Waals surface area contributed by atoms with Gasteiger partial charge in [0.05, 0.1) is 30.0 Å². The number of hydrogen-bond acceptors (Lipinski definition) is 8. The molecule has 3 N–H and O–H groups in total. The molecule has 0 saturated carbocycles. The second kappa shape index (κ2) is 11.6. The van der Waals surface area contributed by atoms with Crippen LogP contribution in [0.3, 0.4) is 0 Å². The maximum absolute atomic E-state index is 12.1. The predicted molar refractivity (Wildman–Crippen MR) is 155 cm³/mol. The van der Waals surface area contributed by atoms with Crippen LogP contribution in [-0.2, 0) is 6.42 Å². The number of fused-ring (bicyclic) bond motifs is 2. The summed E-state index contributed by atoms with van der Waals surface area (Å²) in [6.07, 6.45) is 2.34. The molecule has 6 rings (SSSR count). The Morgan fingerprint density at radius 2 is 1.90 bits per heavy atom. The summed E-state index contributed by atoms with van der Waals surface area (Å²) in [7, 11) is 0. The highest BCUT2D eigenvalue weighted by Crippen LogP contribution is 2.37. The number of anilines is 2. The minimum atomic E-state index is -1.17. The van der Waals surface area contributed by atoms with Gasteiger partial charge in [0.15, 0.2) is 17.3 Å². The number of benzene rings is 2. The van der Waals surface area contributed by atoms with Gasteiger partial charge in [-0.3, -0.25) is 0 Å². The Labute approximate surface area is 236 Å². The van der Waals surface area contributed by atoms with Crippen molar-refractivity contribution in [1.82, 2.24) is 14.6 Å². The number of pyridine rings is 2. The fourth-order valence-electron chi connectivity index (χ4n) is 4.85. The Morgan fingerprint density at radius 3 is 2.73 bits per heavy atom. The number of carbonyl (C=O) groups is 1. The van der Waals surface area contributed by atoms with Crippen molar-refractivity contribution in [2.24, 2.45) is 0 Å². The third-order valence-electron chi connectivity index (χ3n) is 6.87. The average molecular weight is 552 g/mol. The molecule has 10 heteroatoms. The fourth-order valence-corrected chi connectivity index (χ4v) is 4.85. The zero-order valence-corrected chi connectivity index (χ0v) is 22.2. The van der Waals surface area contributed by atoms with Crippen LogP contribution in [0.25, 0.3) is 16.8 Å². The van der Waals surface area contributed by atoms with Gasteiger partial charge in [0, 0.05) is 17.8 Å². The van der Waals surface area contributed by atoms with Crippen LogP contribution in [0.4, 0.5) is 11.5 Å². The van der Waals surface area contributed by atoms with Crippen LogP contribution in [0.2, 0.25) is 0 Å². The van der Waals surface area contributed by atoms with Crippen molar-refractivity contribution in [3.05, 3.63) is 102 Å². The Bertz CT molecular complexity index is 1640. The Hall–Kier alpha value is -5.09. The number of aromatic nitrogens is 3. The summed E-state index contributed by atoms with van der Waals surface area (Å²) >= 11 is 0. The normalized spacial score (nSPS) is 13.3. The first-order chi connectivity index (χ1) is 20.0. The average Bonchev–Trinajstić information content (AvgIpc) is 3.41. The minimum absolute atomic E-state index is 0.151. The molecule has 208 valence electrons. The van der Waals surface area contributed by atoms with E-state index in [1.54, 1.807) is 27.6 Å². The lowest BCUT2D eigenvalue weighted by Crippen LogP contribution is -2.45. The number of nitrogens with zero attached hydrogens (tertiary/aromatic N) is 4. The maximum Gasteiger partial charge on any atom is 0.358 e. The molecule has 1 aliphatic heterocycles. The molecule has 5 aromatic rings. The molecule has 41 heavy (non-hydrogen) atoms. The molecule has 10 nitrogen and oxygen atoms in total. The summed E-state index contributed by atoms with van der Waals surface area (Å²) in [5.41, 5.74) is 3.74. The third kappa shape index (κ3) is 5.78. The zero-order chi connectivity index (χ0) is 28.2. The van der Waals surface area contributed by atoms with Crippen LogP contribution in [-0.4, -0.2) is 56.9 Å². The van der Waals surface area contributed by atoms with Crippen molar-refractivity contribution < 1.29 is 24.5 Å². The lowest BCUT2D eigenvalue weighted by atomic mass is 10.1. The number of aromatic carboxylic acids is 1. The van der Waals surface area contributed by atoms with Gasteiger partial charge in [-0.15, -0.1) is 0 Å². The molecule has 0 bridgehead atoms. The molecule has 2 aromatic carbocycles. The molecular weight excluding hydrogens is 522 g/mol. The summed E-state index contributed by atoms with van der Waals surface area (Å²) < 4.78 is 13.4. The lowest BCUT2D eigenvalue weighted by Gasteiger charge is -2.35. The van der Waals surface area contributed by atoms with Gasteiger partial charge in [-0.2, -0.15) is 5.10 Å². The van der Waals surface area contributed by atoms with E-state index < -0.39 is 12.3 Å². The van der Waals surface area contributed by atoms with E-state index in [0.29, 0.717) is 48.3 Å². The van der Waals surface area contributed by atoms with E-state index in [-0.39, 0.29) is 11.4 Å². The first kappa shape index (κ1) is 26.1. The molecule has 1 aliphatic rings. The number of aliphatic hydroxyl groups is 1. The highest BCUT2D eigenvalue weighted by molar-refractivity contribution is 5.89. The monoisotopic (exact) mass is 551 g/mol. The first-order valence-electron chi connectivity index (χ1n) is 13.4. The fraction of sp³-hybridized carbons (Fsp3) is 0.194. The van der Waals surface area contributed by atoms with Gasteiger partial charge in [0.1, 0.15) is 12.4 Å². The van der Waals surface area contributed by atoms with Crippen molar-refractivity contribution in [2.45, 2.75) is 19.2 Å². The molecule has 3 aromatic heterocycles. The number of aryl methyl sites for hydroxylation is 1. The number of hydrogen-bond donors (Lipinski definition) is 3. The van der Waals surface area contributed by atoms with Crippen LogP contribution < -0.4 is 19.7 Å². The molecule has 4 heterocycles. The molecule has 1 unspecified atom stereocenters. The van der Waals surface area contributed by atoms with Gasteiger partial charge in [-0.25, -0.2) is 14.3 Å². The lowest BCUT2D eigenvalue weighted by molar-refractivity contribution is 0.0685. The van der Waals surface area contributed by atoms with E-state index in [1.807, 2.05) is 60.8 Å². The van der Waals surface area contributed by atoms with Crippen LogP contribution in [0.5, 0.6) is 11.5 Å². The second-order valence-corrected chi connectivity index (χ2v) is 9.63. The van der Waals surface area contributed by atoms with Crippen LogP contribution in [0.1, 0.15) is 22.5 Å². The molecule has 0 amide bonds. The smallest absolute Gasteiger partial charge is 0.358 e. The highest BCUT2D eigenvalue weighted by atomic mass is 16.5. The van der Waals surface area contributed by atoms with E-state index >= 15 is 0 Å². The summed E-state index contributed by atoms with van der Waals surface area (Å²) in [6.45, 7) is 1.20.